The Morgan fingerprint density at radius 2 is 2.00 bits per heavy atom. The van der Waals surface area contributed by atoms with Gasteiger partial charge in [-0.3, -0.25) is 5.43 Å². The third-order valence-corrected chi connectivity index (χ3v) is 3.07. The minimum absolute atomic E-state index is 0.135. The van der Waals surface area contributed by atoms with Gasteiger partial charge in [0, 0.05) is 13.2 Å². The van der Waals surface area contributed by atoms with Crippen LogP contribution in [0.1, 0.15) is 32.8 Å². The lowest BCUT2D eigenvalue weighted by molar-refractivity contribution is 0.179. The summed E-state index contributed by atoms with van der Waals surface area (Å²) < 4.78 is 10.6. The second-order valence-corrected chi connectivity index (χ2v) is 5.42. The van der Waals surface area contributed by atoms with Crippen molar-refractivity contribution in [1.82, 2.24) is 10.7 Å². The van der Waals surface area contributed by atoms with Gasteiger partial charge in [-0.05, 0) is 62.3 Å². The number of thiocarbonyl (C=S) groups is 1. The van der Waals surface area contributed by atoms with E-state index in [-0.39, 0.29) is 6.04 Å². The molecule has 22 heavy (non-hydrogen) atoms. The van der Waals surface area contributed by atoms with Gasteiger partial charge in [0.15, 0.2) is 5.11 Å². The Morgan fingerprint density at radius 1 is 1.32 bits per heavy atom. The van der Waals surface area contributed by atoms with Crippen molar-refractivity contribution in [2.75, 3.05) is 20.3 Å². The molecule has 0 saturated carbocycles. The molecule has 5 nitrogen and oxygen atoms in total. The molecule has 0 radical (unpaired) electrons. The predicted octanol–water partition coefficient (Wildman–Crippen LogP) is 2.70. The maximum atomic E-state index is 5.56. The molecule has 1 atom stereocenters. The Balaban J connectivity index is 2.52. The summed E-state index contributed by atoms with van der Waals surface area (Å²) >= 11 is 5.18. The summed E-state index contributed by atoms with van der Waals surface area (Å²) in [5.41, 5.74) is 4.71. The number of hydrogen-bond acceptors (Lipinski definition) is 4. The molecule has 0 fully saturated rings. The van der Waals surface area contributed by atoms with Crippen LogP contribution < -0.4 is 15.5 Å². The molecule has 0 amide bonds. The van der Waals surface area contributed by atoms with E-state index in [0.29, 0.717) is 11.7 Å². The average molecular weight is 323 g/mol. The smallest absolute Gasteiger partial charge is 0.187 e. The lowest BCUT2D eigenvalue weighted by Gasteiger charge is -2.14. The zero-order valence-corrected chi connectivity index (χ0v) is 14.5. The SMILES string of the molecule is CCCOc1ccc(/C(C)=N\NC(=S)N[C@@H](C)COC)cc1. The minimum atomic E-state index is 0.135. The molecule has 1 aromatic carbocycles. The summed E-state index contributed by atoms with van der Waals surface area (Å²) in [4.78, 5) is 0. The Labute approximate surface area is 138 Å². The molecular weight excluding hydrogens is 298 g/mol. The number of hydrogen-bond donors (Lipinski definition) is 2. The van der Waals surface area contributed by atoms with Crippen LogP contribution in [-0.4, -0.2) is 37.2 Å². The van der Waals surface area contributed by atoms with E-state index >= 15 is 0 Å². The van der Waals surface area contributed by atoms with Gasteiger partial charge in [-0.15, -0.1) is 0 Å². The maximum absolute atomic E-state index is 5.56. The van der Waals surface area contributed by atoms with E-state index in [1.165, 1.54) is 0 Å². The Kier molecular flexibility index (Phi) is 8.47. The number of nitrogens with zero attached hydrogens (tertiary/aromatic N) is 1. The quantitative estimate of drug-likeness (QED) is 0.438. The van der Waals surface area contributed by atoms with Crippen molar-refractivity contribution in [3.8, 4) is 5.75 Å². The van der Waals surface area contributed by atoms with Gasteiger partial charge in [-0.25, -0.2) is 0 Å². The highest BCUT2D eigenvalue weighted by Gasteiger charge is 2.03. The van der Waals surface area contributed by atoms with Crippen molar-refractivity contribution in [2.24, 2.45) is 5.10 Å². The highest BCUT2D eigenvalue weighted by Crippen LogP contribution is 2.13. The summed E-state index contributed by atoms with van der Waals surface area (Å²) in [5.74, 6) is 0.872. The Bertz CT molecular complexity index is 489. The molecule has 0 bridgehead atoms. The normalized spacial score (nSPS) is 12.6. The molecule has 2 N–H and O–H groups in total. The van der Waals surface area contributed by atoms with Crippen LogP contribution in [-0.2, 0) is 4.74 Å². The molecule has 1 rings (SSSR count). The highest BCUT2D eigenvalue weighted by atomic mass is 32.1. The highest BCUT2D eigenvalue weighted by molar-refractivity contribution is 7.80. The number of benzene rings is 1. The van der Waals surface area contributed by atoms with Gasteiger partial charge in [0.25, 0.3) is 0 Å². The predicted molar refractivity (Wildman–Crippen MR) is 94.6 cm³/mol. The number of rotatable bonds is 8. The van der Waals surface area contributed by atoms with Crippen LogP contribution in [0.2, 0.25) is 0 Å². The van der Waals surface area contributed by atoms with E-state index in [0.717, 1.165) is 30.1 Å². The number of hydrazone groups is 1. The monoisotopic (exact) mass is 323 g/mol. The van der Waals surface area contributed by atoms with Crippen molar-refractivity contribution in [2.45, 2.75) is 33.2 Å². The van der Waals surface area contributed by atoms with Crippen LogP contribution in [0, 0.1) is 0 Å². The van der Waals surface area contributed by atoms with E-state index in [9.17, 15) is 0 Å². The van der Waals surface area contributed by atoms with Gasteiger partial charge < -0.3 is 14.8 Å². The second kappa shape index (κ2) is 10.1. The first-order valence-electron chi connectivity index (χ1n) is 7.39. The molecule has 0 aliphatic rings. The molecular formula is C16H25N3O2S. The van der Waals surface area contributed by atoms with Crippen LogP contribution in [0.25, 0.3) is 0 Å². The first kappa shape index (κ1) is 18.4. The van der Waals surface area contributed by atoms with Crippen molar-refractivity contribution in [1.29, 1.82) is 0 Å². The third-order valence-electron chi connectivity index (χ3n) is 2.86. The molecule has 0 aromatic heterocycles. The standard InChI is InChI=1S/C16H25N3O2S/c1-5-10-21-15-8-6-14(7-9-15)13(3)18-19-16(22)17-12(2)11-20-4/h6-9,12H,5,10-11H2,1-4H3,(H2,17,19,22)/b18-13-/t12-/m0/s1. The Morgan fingerprint density at radius 3 is 2.59 bits per heavy atom. The van der Waals surface area contributed by atoms with Gasteiger partial charge in [-0.1, -0.05) is 6.92 Å². The molecule has 122 valence electrons. The maximum Gasteiger partial charge on any atom is 0.187 e. The lowest BCUT2D eigenvalue weighted by Crippen LogP contribution is -2.40. The van der Waals surface area contributed by atoms with E-state index in [1.807, 2.05) is 38.1 Å². The van der Waals surface area contributed by atoms with Gasteiger partial charge in [0.05, 0.1) is 18.9 Å². The van der Waals surface area contributed by atoms with Crippen LogP contribution in [0.3, 0.4) is 0 Å². The lowest BCUT2D eigenvalue weighted by atomic mass is 10.1. The molecule has 0 aliphatic carbocycles. The molecule has 0 heterocycles. The number of methoxy groups -OCH3 is 1. The van der Waals surface area contributed by atoms with Crippen LogP contribution in [0.5, 0.6) is 5.75 Å². The molecule has 0 spiro atoms. The largest absolute Gasteiger partial charge is 0.494 e. The minimum Gasteiger partial charge on any atom is -0.494 e. The summed E-state index contributed by atoms with van der Waals surface area (Å²) in [7, 11) is 1.66. The van der Waals surface area contributed by atoms with Crippen molar-refractivity contribution in [3.63, 3.8) is 0 Å². The van der Waals surface area contributed by atoms with Crippen LogP contribution >= 0.6 is 12.2 Å². The van der Waals surface area contributed by atoms with Crippen molar-refractivity contribution in [3.05, 3.63) is 29.8 Å². The fraction of sp³-hybridized carbons (Fsp3) is 0.500. The van der Waals surface area contributed by atoms with Crippen molar-refractivity contribution < 1.29 is 9.47 Å². The fourth-order valence-corrected chi connectivity index (χ4v) is 2.01. The van der Waals surface area contributed by atoms with Crippen LogP contribution in [0.4, 0.5) is 0 Å². The van der Waals surface area contributed by atoms with E-state index in [2.05, 4.69) is 22.8 Å². The van der Waals surface area contributed by atoms with Gasteiger partial charge in [0.2, 0.25) is 0 Å². The third kappa shape index (κ3) is 6.87. The van der Waals surface area contributed by atoms with Crippen molar-refractivity contribution >= 4 is 23.0 Å². The Hall–Kier alpha value is -1.66. The first-order valence-corrected chi connectivity index (χ1v) is 7.80. The van der Waals surface area contributed by atoms with E-state index in [4.69, 9.17) is 21.7 Å². The van der Waals surface area contributed by atoms with Gasteiger partial charge >= 0.3 is 0 Å². The first-order chi connectivity index (χ1) is 10.6. The summed E-state index contributed by atoms with van der Waals surface area (Å²) in [6, 6.07) is 7.99. The van der Waals surface area contributed by atoms with E-state index < -0.39 is 0 Å². The summed E-state index contributed by atoms with van der Waals surface area (Å²) in [5, 5.41) is 7.85. The molecule has 0 unspecified atom stereocenters. The topological polar surface area (TPSA) is 54.9 Å². The second-order valence-electron chi connectivity index (χ2n) is 5.01. The zero-order valence-electron chi connectivity index (χ0n) is 13.7. The number of ether oxygens (including phenoxy) is 2. The van der Waals surface area contributed by atoms with Gasteiger partial charge in [0.1, 0.15) is 5.75 Å². The number of nitrogens with one attached hydrogen (secondary N) is 2. The fourth-order valence-electron chi connectivity index (χ4n) is 1.76. The van der Waals surface area contributed by atoms with E-state index in [1.54, 1.807) is 7.11 Å². The van der Waals surface area contributed by atoms with Gasteiger partial charge in [-0.2, -0.15) is 5.10 Å². The average Bonchev–Trinajstić information content (AvgIpc) is 2.51. The summed E-state index contributed by atoms with van der Waals surface area (Å²) in [6.07, 6.45) is 0.998. The molecule has 1 aromatic rings. The molecule has 6 heteroatoms. The molecule has 0 saturated heterocycles. The van der Waals surface area contributed by atoms with Crippen LogP contribution in [0.15, 0.2) is 29.4 Å². The zero-order chi connectivity index (χ0) is 16.4. The molecule has 0 aliphatic heterocycles. The summed E-state index contributed by atoms with van der Waals surface area (Å²) in [6.45, 7) is 7.32.